The predicted octanol–water partition coefficient (Wildman–Crippen LogP) is 3.27. The number of carbonyl (C=O) groups excluding carboxylic acids is 1. The van der Waals surface area contributed by atoms with Crippen LogP contribution in [0.3, 0.4) is 0 Å². The van der Waals surface area contributed by atoms with Gasteiger partial charge < -0.3 is 14.9 Å². The fourth-order valence-corrected chi connectivity index (χ4v) is 6.58. The number of rotatable bonds is 7. The molecule has 0 amide bonds. The largest absolute Gasteiger partial charge is 0.495 e. The Morgan fingerprint density at radius 3 is 2.37 bits per heavy atom. The van der Waals surface area contributed by atoms with E-state index in [1.807, 2.05) is 0 Å². The van der Waals surface area contributed by atoms with E-state index < -0.39 is 27.6 Å². The number of fused-ring (bicyclic) bond motifs is 2. The van der Waals surface area contributed by atoms with Gasteiger partial charge in [0.05, 0.1) is 19.1 Å². The molecule has 1 unspecified atom stereocenters. The summed E-state index contributed by atoms with van der Waals surface area (Å²) < 4.78 is 34.5. The Hall–Kier alpha value is -3.20. The molecule has 2 aliphatic carbocycles. The second-order valence-electron chi connectivity index (χ2n) is 9.23. The Labute approximate surface area is 204 Å². The van der Waals surface area contributed by atoms with Gasteiger partial charge in [0.15, 0.2) is 0 Å². The molecule has 5 rings (SSSR count). The van der Waals surface area contributed by atoms with Gasteiger partial charge in [-0.2, -0.15) is 0 Å². The number of aliphatic hydroxyl groups excluding tert-OH is 1. The van der Waals surface area contributed by atoms with Crippen molar-refractivity contribution in [1.29, 1.82) is 0 Å². The first kappa shape index (κ1) is 23.5. The van der Waals surface area contributed by atoms with Crippen LogP contribution in [-0.2, 0) is 32.3 Å². The topological polar surface area (TPSA) is 113 Å². The molecule has 1 fully saturated rings. The molecule has 1 atom stereocenters. The maximum atomic E-state index is 13.3. The fourth-order valence-electron chi connectivity index (χ4n) is 5.37. The van der Waals surface area contributed by atoms with Crippen molar-refractivity contribution >= 4 is 21.5 Å². The third-order valence-corrected chi connectivity index (χ3v) is 8.80. The summed E-state index contributed by atoms with van der Waals surface area (Å²) in [6.07, 6.45) is 2.41. The molecule has 0 aromatic heterocycles. The third-order valence-electron chi connectivity index (χ3n) is 7.38. The molecule has 3 N–H and O–H groups in total. The molecule has 8 heteroatoms. The Balaban J connectivity index is 1.69. The van der Waals surface area contributed by atoms with E-state index in [1.165, 1.54) is 19.2 Å². The van der Waals surface area contributed by atoms with Gasteiger partial charge in [-0.1, -0.05) is 48.9 Å². The van der Waals surface area contributed by atoms with Crippen LogP contribution in [0.1, 0.15) is 41.5 Å². The van der Waals surface area contributed by atoms with Crippen LogP contribution >= 0.6 is 0 Å². The summed E-state index contributed by atoms with van der Waals surface area (Å²) in [7, 11) is -2.65. The van der Waals surface area contributed by atoms with Crippen LogP contribution in [0.5, 0.6) is 5.75 Å². The number of methoxy groups -OCH3 is 1. The first-order chi connectivity index (χ1) is 16.7. The zero-order valence-corrected chi connectivity index (χ0v) is 20.1. The number of benzene rings is 3. The molecule has 0 heterocycles. The molecule has 3 aromatic rings. The van der Waals surface area contributed by atoms with Crippen molar-refractivity contribution in [3.05, 3.63) is 89.0 Å². The van der Waals surface area contributed by atoms with E-state index >= 15 is 0 Å². The van der Waals surface area contributed by atoms with Gasteiger partial charge in [-0.15, -0.1) is 0 Å². The van der Waals surface area contributed by atoms with Crippen LogP contribution in [-0.4, -0.2) is 38.1 Å². The van der Waals surface area contributed by atoms with Crippen LogP contribution < -0.4 is 9.46 Å². The van der Waals surface area contributed by atoms with Gasteiger partial charge in [-0.3, -0.25) is 9.52 Å². The minimum atomic E-state index is -4.05. The molecular formula is C27H27NO6S. The standard InChI is InChI=1S/C27H27NO6S/c1-34-23-10-5-6-11-24(23)35(32,33)28-19-14-21-20(16-25(30)26(21)12-7-13-26)22(15-19)27(31,17-29)18-8-3-2-4-9-18/h2-6,8-11,14-15,28-29,31H,7,12-13,16-17H2,1H3. The van der Waals surface area contributed by atoms with Gasteiger partial charge in [0.25, 0.3) is 10.0 Å². The maximum absolute atomic E-state index is 13.3. The Bertz CT molecular complexity index is 1400. The lowest BCUT2D eigenvalue weighted by Crippen LogP contribution is -2.39. The number of anilines is 1. The molecule has 0 saturated heterocycles. The van der Waals surface area contributed by atoms with Crippen molar-refractivity contribution in [2.45, 2.75) is 41.6 Å². The molecule has 3 aromatic carbocycles. The molecule has 0 aliphatic heterocycles. The molecule has 0 radical (unpaired) electrons. The number of para-hydroxylation sites is 1. The van der Waals surface area contributed by atoms with E-state index in [0.29, 0.717) is 29.5 Å². The van der Waals surface area contributed by atoms with Crippen molar-refractivity contribution in [2.24, 2.45) is 0 Å². The van der Waals surface area contributed by atoms with Crippen LogP contribution in [0.15, 0.2) is 71.6 Å². The van der Waals surface area contributed by atoms with Crippen molar-refractivity contribution in [3.63, 3.8) is 0 Å². The number of hydrogen-bond acceptors (Lipinski definition) is 6. The summed E-state index contributed by atoms with van der Waals surface area (Å²) >= 11 is 0. The lowest BCUT2D eigenvalue weighted by molar-refractivity contribution is -0.125. The lowest BCUT2D eigenvalue weighted by atomic mass is 9.64. The monoisotopic (exact) mass is 493 g/mol. The van der Waals surface area contributed by atoms with Crippen LogP contribution in [0.25, 0.3) is 0 Å². The van der Waals surface area contributed by atoms with E-state index in [9.17, 15) is 23.4 Å². The first-order valence-corrected chi connectivity index (χ1v) is 13.0. The van der Waals surface area contributed by atoms with Crippen molar-refractivity contribution in [1.82, 2.24) is 0 Å². The van der Waals surface area contributed by atoms with Crippen molar-refractivity contribution in [2.75, 3.05) is 18.4 Å². The highest BCUT2D eigenvalue weighted by atomic mass is 32.2. The number of nitrogens with one attached hydrogen (secondary N) is 1. The van der Waals surface area contributed by atoms with Gasteiger partial charge in [0, 0.05) is 12.1 Å². The normalized spacial score (nSPS) is 18.0. The Kier molecular flexibility index (Phi) is 5.70. The van der Waals surface area contributed by atoms with Crippen LogP contribution in [0, 0.1) is 0 Å². The number of carbonyl (C=O) groups is 1. The molecule has 1 spiro atoms. The summed E-state index contributed by atoms with van der Waals surface area (Å²) in [6.45, 7) is -0.632. The zero-order chi connectivity index (χ0) is 24.8. The van der Waals surface area contributed by atoms with Gasteiger partial charge >= 0.3 is 0 Å². The molecule has 0 bridgehead atoms. The lowest BCUT2D eigenvalue weighted by Gasteiger charge is -2.38. The minimum Gasteiger partial charge on any atom is -0.495 e. The predicted molar refractivity (Wildman–Crippen MR) is 131 cm³/mol. The first-order valence-electron chi connectivity index (χ1n) is 11.5. The summed E-state index contributed by atoms with van der Waals surface area (Å²) in [5, 5.41) is 22.1. The third kappa shape index (κ3) is 3.64. The van der Waals surface area contributed by atoms with E-state index in [-0.39, 0.29) is 28.5 Å². The van der Waals surface area contributed by atoms with Gasteiger partial charge in [0.1, 0.15) is 22.0 Å². The Morgan fingerprint density at radius 1 is 1.06 bits per heavy atom. The molecular weight excluding hydrogens is 466 g/mol. The molecule has 1 saturated carbocycles. The minimum absolute atomic E-state index is 0.0283. The highest BCUT2D eigenvalue weighted by Gasteiger charge is 2.52. The summed E-state index contributed by atoms with van der Waals surface area (Å²) in [6, 6.07) is 18.2. The molecule has 182 valence electrons. The smallest absolute Gasteiger partial charge is 0.265 e. The SMILES string of the molecule is COc1ccccc1S(=O)(=O)Nc1cc2c(c(C(O)(CO)c3ccccc3)c1)CC(=O)C21CCC1. The van der Waals surface area contributed by atoms with Crippen molar-refractivity contribution < 1.29 is 28.2 Å². The highest BCUT2D eigenvalue weighted by Crippen LogP contribution is 2.53. The van der Waals surface area contributed by atoms with E-state index in [0.717, 1.165) is 12.0 Å². The van der Waals surface area contributed by atoms with E-state index in [2.05, 4.69) is 4.72 Å². The number of hydrogen-bond donors (Lipinski definition) is 3. The van der Waals surface area contributed by atoms with Gasteiger partial charge in [-0.05, 0) is 59.4 Å². The number of aliphatic hydroxyl groups is 2. The van der Waals surface area contributed by atoms with Crippen LogP contribution in [0.2, 0.25) is 0 Å². The highest BCUT2D eigenvalue weighted by molar-refractivity contribution is 7.92. The molecule has 35 heavy (non-hydrogen) atoms. The zero-order valence-electron chi connectivity index (χ0n) is 19.3. The fraction of sp³-hybridized carbons (Fsp3) is 0.296. The molecule has 7 nitrogen and oxygen atoms in total. The summed E-state index contributed by atoms with van der Waals surface area (Å²) in [4.78, 5) is 13.1. The number of ketones is 1. The Morgan fingerprint density at radius 2 is 1.74 bits per heavy atom. The summed E-state index contributed by atoms with van der Waals surface area (Å²) in [5.74, 6) is 0.265. The van der Waals surface area contributed by atoms with Gasteiger partial charge in [-0.25, -0.2) is 8.42 Å². The number of ether oxygens (including phenoxy) is 1. The summed E-state index contributed by atoms with van der Waals surface area (Å²) in [5.41, 5.74) is -0.0823. The van der Waals surface area contributed by atoms with Crippen LogP contribution in [0.4, 0.5) is 5.69 Å². The average molecular weight is 494 g/mol. The van der Waals surface area contributed by atoms with E-state index in [4.69, 9.17) is 4.74 Å². The number of Topliss-reactive ketones (excluding diaryl/α,β-unsaturated/α-hetero) is 1. The van der Waals surface area contributed by atoms with Crippen molar-refractivity contribution in [3.8, 4) is 5.75 Å². The molecule has 2 aliphatic rings. The quantitative estimate of drug-likeness (QED) is 0.466. The number of sulfonamides is 1. The van der Waals surface area contributed by atoms with E-state index in [1.54, 1.807) is 54.6 Å². The second kappa shape index (κ2) is 8.48. The average Bonchev–Trinajstić information content (AvgIpc) is 3.15. The maximum Gasteiger partial charge on any atom is 0.265 e. The van der Waals surface area contributed by atoms with Gasteiger partial charge in [0.2, 0.25) is 0 Å². The second-order valence-corrected chi connectivity index (χ2v) is 10.9.